The molecule has 6 heteroatoms. The molecule has 0 saturated carbocycles. The molecule has 2 atom stereocenters. The lowest BCUT2D eigenvalue weighted by atomic mass is 10.1. The summed E-state index contributed by atoms with van der Waals surface area (Å²) >= 11 is 0. The number of nitrogens with one attached hydrogen (secondary N) is 2. The number of hydrogen-bond donors (Lipinski definition) is 3. The van der Waals surface area contributed by atoms with Gasteiger partial charge in [-0.05, 0) is 29.5 Å². The van der Waals surface area contributed by atoms with Crippen LogP contribution in [0.2, 0.25) is 0 Å². The van der Waals surface area contributed by atoms with E-state index in [0.717, 1.165) is 18.4 Å². The average Bonchev–Trinajstić information content (AvgIpc) is 3.08. The Bertz CT molecular complexity index is 779. The molecule has 2 aromatic rings. The molecule has 2 aromatic carbocycles. The van der Waals surface area contributed by atoms with Crippen LogP contribution in [0.1, 0.15) is 35.6 Å². The molecular weight excluding hydrogens is 342 g/mol. The minimum Gasteiger partial charge on any atom is -0.461 e. The molecule has 6 nitrogen and oxygen atoms in total. The lowest BCUT2D eigenvalue weighted by Gasteiger charge is -2.17. The normalized spacial score (nSPS) is 16.3. The second kappa shape index (κ2) is 9.19. The fraction of sp³-hybridized carbons (Fsp3) is 0.333. The Morgan fingerprint density at radius 3 is 2.67 bits per heavy atom. The molecule has 0 saturated heterocycles. The summed E-state index contributed by atoms with van der Waals surface area (Å²) in [6.45, 7) is 0.433. The molecule has 0 heterocycles. The second-order valence-electron chi connectivity index (χ2n) is 6.75. The van der Waals surface area contributed by atoms with Crippen molar-refractivity contribution in [1.82, 2.24) is 10.6 Å². The molecule has 142 valence electrons. The van der Waals surface area contributed by atoms with E-state index < -0.39 is 6.04 Å². The highest BCUT2D eigenvalue weighted by molar-refractivity contribution is 5.75. The van der Waals surface area contributed by atoms with Crippen molar-refractivity contribution in [3.8, 4) is 0 Å². The largest absolute Gasteiger partial charge is 0.461 e. The van der Waals surface area contributed by atoms with Gasteiger partial charge in [0, 0.05) is 12.6 Å². The predicted octanol–water partition coefficient (Wildman–Crippen LogP) is 2.43. The Kier molecular flexibility index (Phi) is 6.44. The van der Waals surface area contributed by atoms with Crippen LogP contribution in [0, 0.1) is 0 Å². The first-order chi connectivity index (χ1) is 13.1. The van der Waals surface area contributed by atoms with Crippen LogP contribution in [0.4, 0.5) is 4.79 Å². The highest BCUT2D eigenvalue weighted by atomic mass is 16.5. The Morgan fingerprint density at radius 1 is 1.11 bits per heavy atom. The van der Waals surface area contributed by atoms with E-state index in [1.54, 1.807) is 0 Å². The van der Waals surface area contributed by atoms with E-state index in [9.17, 15) is 9.59 Å². The number of carbonyl (C=O) groups is 2. The van der Waals surface area contributed by atoms with Crippen molar-refractivity contribution >= 4 is 12.0 Å². The second-order valence-corrected chi connectivity index (χ2v) is 6.75. The molecule has 0 fully saturated rings. The van der Waals surface area contributed by atoms with Gasteiger partial charge in [0.2, 0.25) is 0 Å². The van der Waals surface area contributed by atoms with E-state index in [2.05, 4.69) is 16.7 Å². The number of esters is 1. The highest BCUT2D eigenvalue weighted by Crippen LogP contribution is 2.30. The van der Waals surface area contributed by atoms with Crippen LogP contribution >= 0.6 is 0 Å². The zero-order valence-corrected chi connectivity index (χ0v) is 15.2. The van der Waals surface area contributed by atoms with Gasteiger partial charge in [-0.25, -0.2) is 4.79 Å². The predicted molar refractivity (Wildman–Crippen MR) is 103 cm³/mol. The van der Waals surface area contributed by atoms with Crippen molar-refractivity contribution in [3.05, 3.63) is 71.3 Å². The molecule has 2 amide bonds. The Labute approximate surface area is 159 Å². The van der Waals surface area contributed by atoms with Gasteiger partial charge in [0.25, 0.3) is 0 Å². The number of ether oxygens (including phenoxy) is 1. The molecule has 0 radical (unpaired) electrons. The zero-order chi connectivity index (χ0) is 19.1. The molecule has 0 bridgehead atoms. The van der Waals surface area contributed by atoms with Gasteiger partial charge in [0.05, 0.1) is 12.5 Å². The first kappa shape index (κ1) is 18.9. The van der Waals surface area contributed by atoms with Gasteiger partial charge >= 0.3 is 12.0 Å². The molecule has 1 aliphatic carbocycles. The van der Waals surface area contributed by atoms with Crippen LogP contribution in [0.5, 0.6) is 0 Å². The maximum absolute atomic E-state index is 12.1. The topological polar surface area (TPSA) is 93.5 Å². The summed E-state index contributed by atoms with van der Waals surface area (Å²) in [5, 5.41) is 5.71. The van der Waals surface area contributed by atoms with E-state index in [4.69, 9.17) is 10.5 Å². The van der Waals surface area contributed by atoms with E-state index in [0.29, 0.717) is 0 Å². The number of urea groups is 1. The van der Waals surface area contributed by atoms with Crippen LogP contribution < -0.4 is 16.4 Å². The minimum atomic E-state index is -0.491. The molecule has 1 unspecified atom stereocenters. The number of hydrogen-bond acceptors (Lipinski definition) is 4. The van der Waals surface area contributed by atoms with Crippen molar-refractivity contribution in [2.24, 2.45) is 5.73 Å². The summed E-state index contributed by atoms with van der Waals surface area (Å²) in [5.41, 5.74) is 9.30. The van der Waals surface area contributed by atoms with Crippen molar-refractivity contribution in [1.29, 1.82) is 0 Å². The lowest BCUT2D eigenvalue weighted by molar-refractivity contribution is -0.145. The summed E-state index contributed by atoms with van der Waals surface area (Å²) in [7, 11) is 0. The van der Waals surface area contributed by atoms with Crippen LogP contribution in [-0.2, 0) is 22.6 Å². The quantitative estimate of drug-likeness (QED) is 0.655. The summed E-state index contributed by atoms with van der Waals surface area (Å²) in [4.78, 5) is 24.0. The lowest BCUT2D eigenvalue weighted by Crippen LogP contribution is -2.44. The maximum atomic E-state index is 12.1. The van der Waals surface area contributed by atoms with E-state index in [-0.39, 0.29) is 37.6 Å². The summed E-state index contributed by atoms with van der Waals surface area (Å²) < 4.78 is 5.20. The molecule has 0 aliphatic heterocycles. The maximum Gasteiger partial charge on any atom is 0.315 e. The average molecular weight is 367 g/mol. The van der Waals surface area contributed by atoms with Gasteiger partial charge in [-0.3, -0.25) is 4.79 Å². The third-order valence-corrected chi connectivity index (χ3v) is 4.63. The van der Waals surface area contributed by atoms with Crippen molar-refractivity contribution in [2.45, 2.75) is 38.0 Å². The summed E-state index contributed by atoms with van der Waals surface area (Å²) in [6.07, 6.45) is 1.91. The molecule has 3 rings (SSSR count). The summed E-state index contributed by atoms with van der Waals surface area (Å²) in [5.74, 6) is -0.377. The van der Waals surface area contributed by atoms with Crippen molar-refractivity contribution < 1.29 is 14.3 Å². The third-order valence-electron chi connectivity index (χ3n) is 4.63. The molecular formula is C21H25N3O3. The smallest absolute Gasteiger partial charge is 0.315 e. The monoisotopic (exact) mass is 367 g/mol. The number of fused-ring (bicyclic) bond motifs is 1. The number of carbonyl (C=O) groups excluding carboxylic acids is 2. The molecule has 0 spiro atoms. The first-order valence-electron chi connectivity index (χ1n) is 9.19. The van der Waals surface area contributed by atoms with Crippen LogP contribution in [0.25, 0.3) is 0 Å². The number of benzene rings is 2. The number of amides is 2. The van der Waals surface area contributed by atoms with Crippen LogP contribution in [-0.4, -0.2) is 24.6 Å². The van der Waals surface area contributed by atoms with E-state index in [1.807, 2.05) is 48.5 Å². The van der Waals surface area contributed by atoms with Crippen LogP contribution in [0.15, 0.2) is 54.6 Å². The Morgan fingerprint density at radius 2 is 1.85 bits per heavy atom. The molecule has 0 aromatic heterocycles. The van der Waals surface area contributed by atoms with Gasteiger partial charge in [-0.1, -0.05) is 54.6 Å². The highest BCUT2D eigenvalue weighted by Gasteiger charge is 2.23. The molecule has 1 aliphatic rings. The SMILES string of the molecule is NC(CNC(=O)N[C@@H]1CCc2ccccc21)CC(=O)OCc1ccccc1. The fourth-order valence-electron chi connectivity index (χ4n) is 3.22. The third kappa shape index (κ3) is 5.56. The van der Waals surface area contributed by atoms with E-state index in [1.165, 1.54) is 11.1 Å². The standard InChI is InChI=1S/C21H25N3O3/c22-17(12-20(25)27-14-15-6-2-1-3-7-15)13-23-21(26)24-19-11-10-16-8-4-5-9-18(16)19/h1-9,17,19H,10-14,22H2,(H2,23,24,26)/t17?,19-/m1/s1. The van der Waals surface area contributed by atoms with Crippen LogP contribution in [0.3, 0.4) is 0 Å². The van der Waals surface area contributed by atoms with Gasteiger partial charge in [-0.15, -0.1) is 0 Å². The van der Waals surface area contributed by atoms with E-state index >= 15 is 0 Å². The number of rotatable bonds is 7. The van der Waals surface area contributed by atoms with Crippen molar-refractivity contribution in [2.75, 3.05) is 6.54 Å². The van der Waals surface area contributed by atoms with Gasteiger partial charge in [0.15, 0.2) is 0 Å². The summed E-state index contributed by atoms with van der Waals surface area (Å²) in [6, 6.07) is 16.8. The fourth-order valence-corrected chi connectivity index (χ4v) is 3.22. The minimum absolute atomic E-state index is 0.0215. The Hall–Kier alpha value is -2.86. The first-order valence-corrected chi connectivity index (χ1v) is 9.19. The van der Waals surface area contributed by atoms with Gasteiger partial charge < -0.3 is 21.1 Å². The van der Waals surface area contributed by atoms with Gasteiger partial charge in [0.1, 0.15) is 6.61 Å². The number of aryl methyl sites for hydroxylation is 1. The number of nitrogens with two attached hydrogens (primary N) is 1. The Balaban J connectivity index is 1.35. The zero-order valence-electron chi connectivity index (χ0n) is 15.2. The molecule has 4 N–H and O–H groups in total. The van der Waals surface area contributed by atoms with Gasteiger partial charge in [-0.2, -0.15) is 0 Å². The molecule has 27 heavy (non-hydrogen) atoms. The van der Waals surface area contributed by atoms with Crippen molar-refractivity contribution in [3.63, 3.8) is 0 Å².